The summed E-state index contributed by atoms with van der Waals surface area (Å²) in [5, 5.41) is 17.6. The summed E-state index contributed by atoms with van der Waals surface area (Å²) < 4.78 is 27.6. The number of nitrogens with zero attached hydrogens (tertiary/aromatic N) is 1. The molecule has 0 aliphatic heterocycles. The van der Waals surface area contributed by atoms with Crippen LogP contribution >= 0.6 is 34.5 Å². The standard InChI is InChI=1S/C23H20Cl2N4O5S2/c1-2-9-26-15-5-8-17-13(10-15)11-19(30)29(22(17)31)16-6-3-14(4-7-16)27-23(32)28-36(33,34)20-12-18(24)21(25)35-20/h3-8,10-12,26,31H,2,9H2,1H3,(H2,27,28,32). The van der Waals surface area contributed by atoms with E-state index in [0.29, 0.717) is 16.5 Å². The van der Waals surface area contributed by atoms with Gasteiger partial charge in [-0.15, -0.1) is 11.3 Å². The first kappa shape index (κ1) is 25.8. The van der Waals surface area contributed by atoms with Gasteiger partial charge in [-0.3, -0.25) is 4.79 Å². The third-order valence-corrected chi connectivity index (χ3v) is 8.75. The number of hydrogen-bond acceptors (Lipinski definition) is 7. The zero-order chi connectivity index (χ0) is 26.0. The number of benzene rings is 2. The van der Waals surface area contributed by atoms with E-state index in [2.05, 4.69) is 10.6 Å². The number of rotatable bonds is 7. The molecule has 9 nitrogen and oxygen atoms in total. The average Bonchev–Trinajstić information content (AvgIpc) is 3.17. The summed E-state index contributed by atoms with van der Waals surface area (Å²) in [7, 11) is -4.17. The molecule has 4 aromatic rings. The molecule has 36 heavy (non-hydrogen) atoms. The van der Waals surface area contributed by atoms with Crippen molar-refractivity contribution in [1.82, 2.24) is 9.29 Å². The van der Waals surface area contributed by atoms with Crippen molar-refractivity contribution in [2.75, 3.05) is 17.2 Å². The van der Waals surface area contributed by atoms with Crippen LogP contribution in [0.2, 0.25) is 9.36 Å². The third-order valence-electron chi connectivity index (χ3n) is 5.08. The molecule has 2 aromatic carbocycles. The molecule has 4 N–H and O–H groups in total. The van der Waals surface area contributed by atoms with Crippen molar-refractivity contribution in [3.05, 3.63) is 74.3 Å². The van der Waals surface area contributed by atoms with Crippen LogP contribution in [0, 0.1) is 0 Å². The molecule has 0 unspecified atom stereocenters. The SMILES string of the molecule is CCCNc1ccc2c(O)n(-c3ccc(NC(=O)NS(=O)(=O)c4cc(Cl)c(Cl)s4)cc3)c(=O)cc2c1. The summed E-state index contributed by atoms with van der Waals surface area (Å²) in [6, 6.07) is 12.9. The highest BCUT2D eigenvalue weighted by atomic mass is 35.5. The van der Waals surface area contributed by atoms with E-state index in [-0.39, 0.29) is 25.1 Å². The molecule has 4 rings (SSSR count). The number of fused-ring (bicyclic) bond motifs is 1. The Balaban J connectivity index is 1.53. The van der Waals surface area contributed by atoms with Crippen LogP contribution in [-0.2, 0) is 10.0 Å². The molecule has 2 heterocycles. The smallest absolute Gasteiger partial charge is 0.333 e. The summed E-state index contributed by atoms with van der Waals surface area (Å²) in [6.07, 6.45) is 0.950. The summed E-state index contributed by atoms with van der Waals surface area (Å²) in [6.45, 7) is 2.83. The number of thiophene rings is 1. The van der Waals surface area contributed by atoms with Crippen LogP contribution in [-0.4, -0.2) is 30.7 Å². The van der Waals surface area contributed by atoms with Gasteiger partial charge in [0, 0.05) is 29.4 Å². The van der Waals surface area contributed by atoms with E-state index in [1.165, 1.54) is 30.3 Å². The molecule has 13 heteroatoms. The molecule has 2 aromatic heterocycles. The van der Waals surface area contributed by atoms with Crippen molar-refractivity contribution in [3.8, 4) is 11.6 Å². The second-order valence-electron chi connectivity index (χ2n) is 7.66. The molecule has 2 amide bonds. The van der Waals surface area contributed by atoms with Gasteiger partial charge >= 0.3 is 6.03 Å². The largest absolute Gasteiger partial charge is 0.494 e. The number of hydrogen-bond donors (Lipinski definition) is 4. The lowest BCUT2D eigenvalue weighted by Crippen LogP contribution is -2.33. The van der Waals surface area contributed by atoms with Crippen molar-refractivity contribution < 1.29 is 18.3 Å². The molecule has 0 aliphatic rings. The quantitative estimate of drug-likeness (QED) is 0.237. The number of urea groups is 1. The monoisotopic (exact) mass is 566 g/mol. The van der Waals surface area contributed by atoms with Crippen molar-refractivity contribution in [2.24, 2.45) is 0 Å². The first-order valence-corrected chi connectivity index (χ1v) is 13.7. The molecule has 0 aliphatic carbocycles. The van der Waals surface area contributed by atoms with E-state index in [9.17, 15) is 23.1 Å². The number of halogens is 2. The Kier molecular flexibility index (Phi) is 7.46. The van der Waals surface area contributed by atoms with Gasteiger partial charge in [0.05, 0.1) is 10.7 Å². The van der Waals surface area contributed by atoms with Gasteiger partial charge in [-0.1, -0.05) is 30.1 Å². The van der Waals surface area contributed by atoms with Crippen LogP contribution in [0.3, 0.4) is 0 Å². The number of aromatic nitrogens is 1. The van der Waals surface area contributed by atoms with E-state index in [1.807, 2.05) is 17.7 Å². The minimum Gasteiger partial charge on any atom is -0.494 e. The molecule has 0 saturated carbocycles. The van der Waals surface area contributed by atoms with Crippen molar-refractivity contribution in [3.63, 3.8) is 0 Å². The molecule has 0 radical (unpaired) electrons. The first-order chi connectivity index (χ1) is 17.1. The molecule has 0 saturated heterocycles. The lowest BCUT2D eigenvalue weighted by molar-refractivity contribution is 0.256. The molecule has 0 fully saturated rings. The number of aromatic hydroxyl groups is 1. The predicted molar refractivity (Wildman–Crippen MR) is 144 cm³/mol. The Morgan fingerprint density at radius 3 is 2.39 bits per heavy atom. The highest BCUT2D eigenvalue weighted by Gasteiger charge is 2.22. The maximum Gasteiger partial charge on any atom is 0.333 e. The van der Waals surface area contributed by atoms with Gasteiger partial charge in [0.2, 0.25) is 5.88 Å². The minimum atomic E-state index is -4.17. The van der Waals surface area contributed by atoms with Gasteiger partial charge in [0.15, 0.2) is 0 Å². The van der Waals surface area contributed by atoms with Gasteiger partial charge in [0.25, 0.3) is 15.6 Å². The van der Waals surface area contributed by atoms with Crippen LogP contribution in [0.15, 0.2) is 63.6 Å². The van der Waals surface area contributed by atoms with Crippen molar-refractivity contribution in [2.45, 2.75) is 17.6 Å². The van der Waals surface area contributed by atoms with Gasteiger partial charge < -0.3 is 15.7 Å². The summed E-state index contributed by atoms with van der Waals surface area (Å²) >= 11 is 12.3. The maximum atomic E-state index is 12.8. The molecule has 0 atom stereocenters. The van der Waals surface area contributed by atoms with Crippen LogP contribution in [0.1, 0.15) is 13.3 Å². The van der Waals surface area contributed by atoms with Crippen LogP contribution in [0.5, 0.6) is 5.88 Å². The predicted octanol–water partition coefficient (Wildman–Crippen LogP) is 5.40. The lowest BCUT2D eigenvalue weighted by atomic mass is 10.1. The highest BCUT2D eigenvalue weighted by Crippen LogP contribution is 2.34. The number of pyridine rings is 1. The Morgan fingerprint density at radius 2 is 1.75 bits per heavy atom. The van der Waals surface area contributed by atoms with Gasteiger partial charge in [-0.05, 0) is 60.3 Å². The van der Waals surface area contributed by atoms with Gasteiger partial charge in [-0.25, -0.2) is 22.5 Å². The molecule has 0 bridgehead atoms. The Morgan fingerprint density at radius 1 is 1.06 bits per heavy atom. The summed E-state index contributed by atoms with van der Waals surface area (Å²) in [5.41, 5.74) is 1.02. The van der Waals surface area contributed by atoms with Crippen molar-refractivity contribution in [1.29, 1.82) is 0 Å². The maximum absolute atomic E-state index is 12.8. The number of anilines is 2. The summed E-state index contributed by atoms with van der Waals surface area (Å²) in [4.78, 5) is 25.0. The second kappa shape index (κ2) is 10.4. The molecular formula is C23H20Cl2N4O5S2. The van der Waals surface area contributed by atoms with Crippen LogP contribution in [0.25, 0.3) is 16.5 Å². The normalized spacial score (nSPS) is 11.4. The second-order valence-corrected chi connectivity index (χ2v) is 11.6. The van der Waals surface area contributed by atoms with Gasteiger partial charge in [-0.2, -0.15) is 0 Å². The number of amides is 2. The van der Waals surface area contributed by atoms with E-state index < -0.39 is 21.6 Å². The summed E-state index contributed by atoms with van der Waals surface area (Å²) in [5.74, 6) is -0.225. The van der Waals surface area contributed by atoms with Crippen LogP contribution < -0.4 is 20.9 Å². The first-order valence-electron chi connectivity index (χ1n) is 10.6. The van der Waals surface area contributed by atoms with E-state index in [1.54, 1.807) is 12.1 Å². The fourth-order valence-corrected chi connectivity index (χ4v) is 6.21. The highest BCUT2D eigenvalue weighted by molar-refractivity contribution is 7.92. The van der Waals surface area contributed by atoms with E-state index in [4.69, 9.17) is 23.2 Å². The van der Waals surface area contributed by atoms with E-state index >= 15 is 0 Å². The third kappa shape index (κ3) is 5.44. The number of carbonyl (C=O) groups is 1. The molecular weight excluding hydrogens is 547 g/mol. The minimum absolute atomic E-state index is 0.0684. The number of carbonyl (C=O) groups excluding carboxylic acids is 1. The number of sulfonamides is 1. The van der Waals surface area contributed by atoms with Crippen molar-refractivity contribution >= 4 is 72.7 Å². The zero-order valence-corrected chi connectivity index (χ0v) is 21.9. The number of nitrogens with one attached hydrogen (secondary N) is 3. The fraction of sp³-hybridized carbons (Fsp3) is 0.130. The molecule has 0 spiro atoms. The molecule has 188 valence electrons. The fourth-order valence-electron chi connectivity index (χ4n) is 3.42. The van der Waals surface area contributed by atoms with E-state index in [0.717, 1.165) is 40.6 Å². The Bertz CT molecular complexity index is 1600. The zero-order valence-electron chi connectivity index (χ0n) is 18.7. The topological polar surface area (TPSA) is 130 Å². The average molecular weight is 567 g/mol. The van der Waals surface area contributed by atoms with Crippen LogP contribution in [0.4, 0.5) is 16.2 Å². The Hall–Kier alpha value is -3.25. The van der Waals surface area contributed by atoms with Gasteiger partial charge in [0.1, 0.15) is 8.55 Å². The lowest BCUT2D eigenvalue weighted by Gasteiger charge is -2.13. The Labute approximate surface area is 220 Å².